The molecule has 0 amide bonds. The standard InChI is InChI=1S/C15H25NO3/c1-12-6-4-5-7-14(12)19-9-13(18)8-16-10-15(2,3)11-17/h4-7,13,16-18H,8-11H2,1-3H3. The highest BCUT2D eigenvalue weighted by atomic mass is 16.5. The molecule has 1 unspecified atom stereocenters. The van der Waals surface area contributed by atoms with E-state index in [4.69, 9.17) is 9.84 Å². The summed E-state index contributed by atoms with van der Waals surface area (Å²) in [6.45, 7) is 7.41. The normalized spacial score (nSPS) is 13.3. The maximum absolute atomic E-state index is 9.82. The number of aliphatic hydroxyl groups is 2. The van der Waals surface area contributed by atoms with Crippen LogP contribution in [-0.4, -0.2) is 42.6 Å². The van der Waals surface area contributed by atoms with Gasteiger partial charge in [0.2, 0.25) is 0 Å². The monoisotopic (exact) mass is 267 g/mol. The summed E-state index contributed by atoms with van der Waals surface area (Å²) >= 11 is 0. The van der Waals surface area contributed by atoms with Crippen molar-refractivity contribution in [3.63, 3.8) is 0 Å². The molecule has 0 saturated carbocycles. The average Bonchev–Trinajstić information content (AvgIpc) is 2.37. The van der Waals surface area contributed by atoms with Gasteiger partial charge >= 0.3 is 0 Å². The van der Waals surface area contributed by atoms with Gasteiger partial charge < -0.3 is 20.3 Å². The van der Waals surface area contributed by atoms with Crippen LogP contribution in [0.2, 0.25) is 0 Å². The van der Waals surface area contributed by atoms with Crippen LogP contribution in [0.3, 0.4) is 0 Å². The van der Waals surface area contributed by atoms with Crippen LogP contribution in [0.25, 0.3) is 0 Å². The van der Waals surface area contributed by atoms with Gasteiger partial charge in [0.1, 0.15) is 18.5 Å². The Balaban J connectivity index is 2.25. The predicted molar refractivity (Wildman–Crippen MR) is 76.4 cm³/mol. The predicted octanol–water partition coefficient (Wildman–Crippen LogP) is 1.34. The molecule has 19 heavy (non-hydrogen) atoms. The van der Waals surface area contributed by atoms with E-state index in [-0.39, 0.29) is 18.6 Å². The van der Waals surface area contributed by atoms with Crippen molar-refractivity contribution in [3.8, 4) is 5.75 Å². The molecule has 3 N–H and O–H groups in total. The minimum atomic E-state index is -0.561. The first-order valence-corrected chi connectivity index (χ1v) is 6.63. The van der Waals surface area contributed by atoms with E-state index >= 15 is 0 Å². The summed E-state index contributed by atoms with van der Waals surface area (Å²) in [7, 11) is 0. The Bertz CT molecular complexity index is 379. The second kappa shape index (κ2) is 7.48. The van der Waals surface area contributed by atoms with Crippen LogP contribution in [0, 0.1) is 12.3 Å². The lowest BCUT2D eigenvalue weighted by Crippen LogP contribution is -2.38. The van der Waals surface area contributed by atoms with Gasteiger partial charge in [-0.15, -0.1) is 0 Å². The molecule has 1 aromatic rings. The summed E-state index contributed by atoms with van der Waals surface area (Å²) in [5.41, 5.74) is 0.889. The van der Waals surface area contributed by atoms with Gasteiger partial charge in [-0.3, -0.25) is 0 Å². The third kappa shape index (κ3) is 6.05. The molecule has 0 aliphatic rings. The van der Waals surface area contributed by atoms with Crippen molar-refractivity contribution >= 4 is 0 Å². The van der Waals surface area contributed by atoms with Crippen LogP contribution in [0.1, 0.15) is 19.4 Å². The van der Waals surface area contributed by atoms with Gasteiger partial charge in [-0.2, -0.15) is 0 Å². The molecule has 1 aromatic carbocycles. The van der Waals surface area contributed by atoms with E-state index in [1.807, 2.05) is 45.0 Å². The molecule has 0 aliphatic carbocycles. The third-order valence-corrected chi connectivity index (χ3v) is 2.94. The molecule has 0 bridgehead atoms. The van der Waals surface area contributed by atoms with Crippen LogP contribution in [0.15, 0.2) is 24.3 Å². The summed E-state index contributed by atoms with van der Waals surface area (Å²) in [5.74, 6) is 0.803. The van der Waals surface area contributed by atoms with Crippen LogP contribution < -0.4 is 10.1 Å². The number of nitrogens with one attached hydrogen (secondary N) is 1. The van der Waals surface area contributed by atoms with E-state index in [0.29, 0.717) is 13.1 Å². The Morgan fingerprint density at radius 1 is 1.32 bits per heavy atom. The topological polar surface area (TPSA) is 61.7 Å². The van der Waals surface area contributed by atoms with E-state index in [0.717, 1.165) is 11.3 Å². The zero-order valence-electron chi connectivity index (χ0n) is 12.0. The van der Waals surface area contributed by atoms with Crippen LogP contribution in [0.4, 0.5) is 0 Å². The molecular weight excluding hydrogens is 242 g/mol. The Hall–Kier alpha value is -1.10. The maximum atomic E-state index is 9.82. The molecule has 4 heteroatoms. The van der Waals surface area contributed by atoms with Crippen molar-refractivity contribution < 1.29 is 14.9 Å². The second-order valence-electron chi connectivity index (χ2n) is 5.68. The fourth-order valence-corrected chi connectivity index (χ4v) is 1.60. The largest absolute Gasteiger partial charge is 0.491 e. The fraction of sp³-hybridized carbons (Fsp3) is 0.600. The number of rotatable bonds is 8. The lowest BCUT2D eigenvalue weighted by atomic mass is 9.95. The molecule has 108 valence electrons. The second-order valence-corrected chi connectivity index (χ2v) is 5.68. The lowest BCUT2D eigenvalue weighted by Gasteiger charge is -2.23. The average molecular weight is 267 g/mol. The highest BCUT2D eigenvalue weighted by Gasteiger charge is 2.16. The first-order chi connectivity index (χ1) is 8.94. The Kier molecular flexibility index (Phi) is 6.28. The zero-order chi connectivity index (χ0) is 14.3. The Morgan fingerprint density at radius 2 is 2.00 bits per heavy atom. The zero-order valence-corrected chi connectivity index (χ0v) is 12.0. The van der Waals surface area contributed by atoms with Crippen molar-refractivity contribution in [3.05, 3.63) is 29.8 Å². The van der Waals surface area contributed by atoms with Crippen molar-refractivity contribution in [1.82, 2.24) is 5.32 Å². The van der Waals surface area contributed by atoms with Gasteiger partial charge in [-0.1, -0.05) is 32.0 Å². The molecule has 1 atom stereocenters. The van der Waals surface area contributed by atoms with Crippen molar-refractivity contribution in [2.75, 3.05) is 26.3 Å². The SMILES string of the molecule is Cc1ccccc1OCC(O)CNCC(C)(C)CO. The minimum absolute atomic E-state index is 0.121. The summed E-state index contributed by atoms with van der Waals surface area (Å²) in [5, 5.41) is 22.1. The van der Waals surface area contributed by atoms with Crippen LogP contribution in [0.5, 0.6) is 5.75 Å². The molecule has 0 heterocycles. The summed E-state index contributed by atoms with van der Waals surface area (Å²) in [4.78, 5) is 0. The number of aliphatic hydroxyl groups excluding tert-OH is 2. The van der Waals surface area contributed by atoms with Gasteiger partial charge in [-0.25, -0.2) is 0 Å². The third-order valence-electron chi connectivity index (χ3n) is 2.94. The molecule has 0 spiro atoms. The van der Waals surface area contributed by atoms with Gasteiger partial charge in [0, 0.05) is 25.1 Å². The van der Waals surface area contributed by atoms with Gasteiger partial charge in [0.05, 0.1) is 0 Å². The molecule has 0 aliphatic heterocycles. The van der Waals surface area contributed by atoms with Gasteiger partial charge in [-0.05, 0) is 18.6 Å². The Labute approximate surface area is 115 Å². The number of aryl methyl sites for hydroxylation is 1. The molecule has 0 fully saturated rings. The molecule has 0 saturated heterocycles. The number of para-hydroxylation sites is 1. The molecule has 0 radical (unpaired) electrons. The van der Waals surface area contributed by atoms with Gasteiger partial charge in [0.15, 0.2) is 0 Å². The van der Waals surface area contributed by atoms with E-state index in [9.17, 15) is 5.11 Å². The number of benzene rings is 1. The quantitative estimate of drug-likeness (QED) is 0.665. The van der Waals surface area contributed by atoms with E-state index in [1.165, 1.54) is 0 Å². The first kappa shape index (κ1) is 16.0. The van der Waals surface area contributed by atoms with Crippen LogP contribution >= 0.6 is 0 Å². The highest BCUT2D eigenvalue weighted by molar-refractivity contribution is 5.31. The maximum Gasteiger partial charge on any atom is 0.122 e. The van der Waals surface area contributed by atoms with Crippen molar-refractivity contribution in [1.29, 1.82) is 0 Å². The lowest BCUT2D eigenvalue weighted by molar-refractivity contribution is 0.0977. The van der Waals surface area contributed by atoms with E-state index in [2.05, 4.69) is 5.32 Å². The summed E-state index contributed by atoms with van der Waals surface area (Å²) in [6, 6.07) is 7.74. The highest BCUT2D eigenvalue weighted by Crippen LogP contribution is 2.16. The molecule has 1 rings (SSSR count). The Morgan fingerprint density at radius 3 is 2.63 bits per heavy atom. The number of ether oxygens (including phenoxy) is 1. The van der Waals surface area contributed by atoms with Crippen molar-refractivity contribution in [2.24, 2.45) is 5.41 Å². The smallest absolute Gasteiger partial charge is 0.122 e. The summed E-state index contributed by atoms with van der Waals surface area (Å²) in [6.07, 6.45) is -0.561. The fourth-order valence-electron chi connectivity index (χ4n) is 1.60. The van der Waals surface area contributed by atoms with Crippen LogP contribution in [-0.2, 0) is 0 Å². The number of hydrogen-bond donors (Lipinski definition) is 3. The van der Waals surface area contributed by atoms with Crippen molar-refractivity contribution in [2.45, 2.75) is 26.9 Å². The number of hydrogen-bond acceptors (Lipinski definition) is 4. The van der Waals surface area contributed by atoms with E-state index in [1.54, 1.807) is 0 Å². The van der Waals surface area contributed by atoms with Gasteiger partial charge in [0.25, 0.3) is 0 Å². The minimum Gasteiger partial charge on any atom is -0.491 e. The first-order valence-electron chi connectivity index (χ1n) is 6.63. The van der Waals surface area contributed by atoms with E-state index < -0.39 is 6.10 Å². The molecular formula is C15H25NO3. The molecule has 4 nitrogen and oxygen atoms in total. The summed E-state index contributed by atoms with van der Waals surface area (Å²) < 4.78 is 5.57. The molecule has 0 aromatic heterocycles.